The number of alkyl halides is 1. The highest BCUT2D eigenvalue weighted by Crippen LogP contribution is 2.20. The molecular formula is C18H15ClN4O3. The van der Waals surface area contributed by atoms with Gasteiger partial charge in [0.15, 0.2) is 0 Å². The molecule has 3 aromatic rings. The Morgan fingerprint density at radius 2 is 1.81 bits per heavy atom. The summed E-state index contributed by atoms with van der Waals surface area (Å²) < 4.78 is 5.45. The number of carbonyl (C=O) groups is 2. The molecule has 0 saturated heterocycles. The zero-order valence-electron chi connectivity index (χ0n) is 13.8. The van der Waals surface area contributed by atoms with Gasteiger partial charge in [0.2, 0.25) is 11.8 Å². The molecule has 0 fully saturated rings. The number of nitrogens with zero attached hydrogens (tertiary/aromatic N) is 2. The summed E-state index contributed by atoms with van der Waals surface area (Å²) in [5.41, 5.74) is 1.54. The molecule has 2 amide bonds. The number of hydrogen-bond donors (Lipinski definition) is 2. The first-order valence-electron chi connectivity index (χ1n) is 7.78. The molecule has 26 heavy (non-hydrogen) atoms. The van der Waals surface area contributed by atoms with Crippen LogP contribution >= 0.6 is 11.6 Å². The second kappa shape index (κ2) is 7.79. The van der Waals surface area contributed by atoms with E-state index in [1.807, 2.05) is 30.3 Å². The number of carbonyl (C=O) groups excluding carboxylic acids is 2. The number of benzene rings is 2. The summed E-state index contributed by atoms with van der Waals surface area (Å²) >= 11 is 5.72. The number of halogens is 1. The number of anilines is 2. The van der Waals surface area contributed by atoms with Crippen molar-refractivity contribution in [1.82, 2.24) is 10.2 Å². The SMILES string of the molecule is C[C@H](Cl)C(=O)Nc1cccc(C(=O)Nc2nnc(-c3ccccc3)o2)c1. The molecule has 1 atom stereocenters. The molecule has 0 aliphatic carbocycles. The summed E-state index contributed by atoms with van der Waals surface area (Å²) in [6, 6.07) is 15.6. The van der Waals surface area contributed by atoms with E-state index >= 15 is 0 Å². The lowest BCUT2D eigenvalue weighted by Gasteiger charge is -2.08. The van der Waals surface area contributed by atoms with Crippen LogP contribution in [0.5, 0.6) is 0 Å². The number of aromatic nitrogens is 2. The Kier molecular flexibility index (Phi) is 5.28. The monoisotopic (exact) mass is 370 g/mol. The molecule has 0 radical (unpaired) electrons. The summed E-state index contributed by atoms with van der Waals surface area (Å²) in [6.07, 6.45) is 0. The molecule has 1 heterocycles. The van der Waals surface area contributed by atoms with Gasteiger partial charge >= 0.3 is 6.01 Å². The number of amides is 2. The van der Waals surface area contributed by atoms with E-state index in [1.165, 1.54) is 6.07 Å². The van der Waals surface area contributed by atoms with E-state index in [1.54, 1.807) is 25.1 Å². The van der Waals surface area contributed by atoms with Gasteiger partial charge < -0.3 is 9.73 Å². The Balaban J connectivity index is 1.71. The third-order valence-corrected chi connectivity index (χ3v) is 3.62. The molecule has 0 saturated carbocycles. The molecule has 3 rings (SSSR count). The minimum atomic E-state index is -0.678. The van der Waals surface area contributed by atoms with E-state index < -0.39 is 11.3 Å². The molecule has 132 valence electrons. The van der Waals surface area contributed by atoms with Gasteiger partial charge in [0.25, 0.3) is 5.91 Å². The van der Waals surface area contributed by atoms with E-state index in [9.17, 15) is 9.59 Å². The standard InChI is InChI=1S/C18H15ClN4O3/c1-11(19)15(24)20-14-9-5-8-13(10-14)16(25)21-18-23-22-17(26-18)12-6-3-2-4-7-12/h2-11H,1H3,(H,20,24)(H,21,23,25)/t11-/m0/s1. The first-order valence-corrected chi connectivity index (χ1v) is 8.22. The van der Waals surface area contributed by atoms with Gasteiger partial charge in [-0.2, -0.15) is 0 Å². The Hall–Kier alpha value is -3.19. The highest BCUT2D eigenvalue weighted by Gasteiger charge is 2.14. The molecule has 8 heteroatoms. The van der Waals surface area contributed by atoms with Crippen molar-refractivity contribution in [1.29, 1.82) is 0 Å². The topological polar surface area (TPSA) is 97.1 Å². The predicted octanol–water partition coefficient (Wildman–Crippen LogP) is 3.55. The minimum absolute atomic E-state index is 0.0160. The Morgan fingerprint density at radius 3 is 2.54 bits per heavy atom. The summed E-state index contributed by atoms with van der Waals surface area (Å²) in [4.78, 5) is 24.0. The van der Waals surface area contributed by atoms with Crippen molar-refractivity contribution in [3.63, 3.8) is 0 Å². The van der Waals surface area contributed by atoms with Gasteiger partial charge in [-0.1, -0.05) is 29.4 Å². The maximum absolute atomic E-state index is 12.4. The molecule has 2 N–H and O–H groups in total. The lowest BCUT2D eigenvalue weighted by atomic mass is 10.2. The Labute approximate surface area is 154 Å². The molecule has 1 aromatic heterocycles. The van der Waals surface area contributed by atoms with E-state index in [-0.39, 0.29) is 11.9 Å². The van der Waals surface area contributed by atoms with Crippen LogP contribution in [-0.4, -0.2) is 27.4 Å². The summed E-state index contributed by atoms with van der Waals surface area (Å²) in [7, 11) is 0. The third-order valence-electron chi connectivity index (χ3n) is 3.42. The summed E-state index contributed by atoms with van der Waals surface area (Å²) in [5.74, 6) is -0.491. The predicted molar refractivity (Wildman–Crippen MR) is 98.1 cm³/mol. The second-order valence-corrected chi connectivity index (χ2v) is 6.07. The van der Waals surface area contributed by atoms with Gasteiger partial charge in [-0.05, 0) is 37.3 Å². The fraction of sp³-hybridized carbons (Fsp3) is 0.111. The fourth-order valence-corrected chi connectivity index (χ4v) is 2.17. The molecule has 7 nitrogen and oxygen atoms in total. The fourth-order valence-electron chi connectivity index (χ4n) is 2.12. The number of hydrogen-bond acceptors (Lipinski definition) is 5. The highest BCUT2D eigenvalue weighted by molar-refractivity contribution is 6.32. The van der Waals surface area contributed by atoms with Gasteiger partial charge in [0.1, 0.15) is 5.38 Å². The molecule has 0 aliphatic heterocycles. The lowest BCUT2D eigenvalue weighted by Crippen LogP contribution is -2.20. The van der Waals surface area contributed by atoms with Crippen LogP contribution in [0.3, 0.4) is 0 Å². The van der Waals surface area contributed by atoms with Crippen molar-refractivity contribution < 1.29 is 14.0 Å². The quantitative estimate of drug-likeness (QED) is 0.669. The number of rotatable bonds is 5. The van der Waals surface area contributed by atoms with E-state index in [0.717, 1.165) is 5.56 Å². The molecule has 2 aromatic carbocycles. The average molecular weight is 371 g/mol. The first kappa shape index (κ1) is 17.6. The second-order valence-electron chi connectivity index (χ2n) is 5.42. The molecule has 0 bridgehead atoms. The van der Waals surface area contributed by atoms with Gasteiger partial charge in [-0.15, -0.1) is 16.7 Å². The van der Waals surface area contributed by atoms with Crippen molar-refractivity contribution in [2.45, 2.75) is 12.3 Å². The molecule has 0 unspecified atom stereocenters. The smallest absolute Gasteiger partial charge is 0.322 e. The third kappa shape index (κ3) is 4.25. The summed E-state index contributed by atoms with van der Waals surface area (Å²) in [5, 5.41) is 12.2. The largest absolute Gasteiger partial charge is 0.403 e. The van der Waals surface area contributed by atoms with Crippen LogP contribution in [0.2, 0.25) is 0 Å². The van der Waals surface area contributed by atoms with E-state index in [2.05, 4.69) is 20.8 Å². The van der Waals surface area contributed by atoms with Crippen molar-refractivity contribution in [2.75, 3.05) is 10.6 Å². The van der Waals surface area contributed by atoms with Gasteiger partial charge in [0.05, 0.1) is 0 Å². The van der Waals surface area contributed by atoms with Crippen LogP contribution in [0.4, 0.5) is 11.7 Å². The van der Waals surface area contributed by atoms with Crippen LogP contribution in [0.25, 0.3) is 11.5 Å². The number of nitrogens with one attached hydrogen (secondary N) is 2. The maximum Gasteiger partial charge on any atom is 0.322 e. The molecular weight excluding hydrogens is 356 g/mol. The average Bonchev–Trinajstić information content (AvgIpc) is 3.11. The van der Waals surface area contributed by atoms with Gasteiger partial charge in [0, 0.05) is 16.8 Å². The lowest BCUT2D eigenvalue weighted by molar-refractivity contribution is -0.115. The van der Waals surface area contributed by atoms with Gasteiger partial charge in [-0.3, -0.25) is 14.9 Å². The normalized spacial score (nSPS) is 11.6. The van der Waals surface area contributed by atoms with Crippen LogP contribution < -0.4 is 10.6 Å². The van der Waals surface area contributed by atoms with Gasteiger partial charge in [-0.25, -0.2) is 0 Å². The van der Waals surface area contributed by atoms with Crippen LogP contribution in [0, 0.1) is 0 Å². The van der Waals surface area contributed by atoms with Crippen molar-refractivity contribution >= 4 is 35.1 Å². The maximum atomic E-state index is 12.4. The zero-order valence-corrected chi connectivity index (χ0v) is 14.5. The Morgan fingerprint density at radius 1 is 1.04 bits per heavy atom. The van der Waals surface area contributed by atoms with Crippen LogP contribution in [-0.2, 0) is 4.79 Å². The van der Waals surface area contributed by atoms with Crippen LogP contribution in [0.15, 0.2) is 59.0 Å². The highest BCUT2D eigenvalue weighted by atomic mass is 35.5. The summed E-state index contributed by atoms with van der Waals surface area (Å²) in [6.45, 7) is 1.56. The van der Waals surface area contributed by atoms with E-state index in [0.29, 0.717) is 17.1 Å². The van der Waals surface area contributed by atoms with E-state index in [4.69, 9.17) is 16.0 Å². The Bertz CT molecular complexity index is 925. The van der Waals surface area contributed by atoms with Crippen molar-refractivity contribution in [2.24, 2.45) is 0 Å². The molecule has 0 aliphatic rings. The first-order chi connectivity index (χ1) is 12.5. The minimum Gasteiger partial charge on any atom is -0.403 e. The van der Waals surface area contributed by atoms with Crippen molar-refractivity contribution in [3.05, 3.63) is 60.2 Å². The molecule has 0 spiro atoms. The van der Waals surface area contributed by atoms with Crippen molar-refractivity contribution in [3.8, 4) is 11.5 Å². The zero-order chi connectivity index (χ0) is 18.5. The van der Waals surface area contributed by atoms with Crippen LogP contribution in [0.1, 0.15) is 17.3 Å².